The molecule has 0 spiro atoms. The van der Waals surface area contributed by atoms with Crippen molar-refractivity contribution in [3.8, 4) is 0 Å². The van der Waals surface area contributed by atoms with Crippen LogP contribution in [0.5, 0.6) is 0 Å². The summed E-state index contributed by atoms with van der Waals surface area (Å²) in [7, 11) is 0. The second kappa shape index (κ2) is 5.75. The Balaban J connectivity index is 1.76. The molecular weight excluding hydrogens is 205 g/mol. The van der Waals surface area contributed by atoms with Gasteiger partial charge < -0.3 is 4.74 Å². The predicted molar refractivity (Wildman–Crippen MR) is 61.4 cm³/mol. The summed E-state index contributed by atoms with van der Waals surface area (Å²) in [5, 5.41) is 0. The fourth-order valence-corrected chi connectivity index (χ4v) is 1.95. The van der Waals surface area contributed by atoms with E-state index in [9.17, 15) is 4.39 Å². The van der Waals surface area contributed by atoms with Crippen molar-refractivity contribution in [2.45, 2.75) is 31.8 Å². The molecule has 0 radical (unpaired) electrons. The molecule has 1 heterocycles. The second-order valence-electron chi connectivity index (χ2n) is 4.08. The number of rotatable bonds is 4. The van der Waals surface area contributed by atoms with E-state index in [-0.39, 0.29) is 5.82 Å². The summed E-state index contributed by atoms with van der Waals surface area (Å²) in [6.45, 7) is 0.598. The van der Waals surface area contributed by atoms with Crippen LogP contribution < -0.4 is 0 Å². The van der Waals surface area contributed by atoms with Crippen LogP contribution in [0.1, 0.15) is 31.2 Å². The van der Waals surface area contributed by atoms with Crippen LogP contribution in [-0.4, -0.2) is 17.7 Å². The highest BCUT2D eigenvalue weighted by atomic mass is 19.1. The van der Waals surface area contributed by atoms with Crippen LogP contribution in [0, 0.1) is 5.82 Å². The first-order chi connectivity index (χ1) is 7.84. The Morgan fingerprint density at radius 2 is 2.19 bits per heavy atom. The van der Waals surface area contributed by atoms with E-state index < -0.39 is 0 Å². The van der Waals surface area contributed by atoms with Crippen LogP contribution in [0.15, 0.2) is 24.5 Å². The lowest BCUT2D eigenvalue weighted by molar-refractivity contribution is 0.0803. The number of ether oxygens (including phenoxy) is 1. The molecule has 0 aliphatic heterocycles. The molecular formula is C13H16FNO. The Bertz CT molecular complexity index is 359. The molecule has 1 saturated carbocycles. The summed E-state index contributed by atoms with van der Waals surface area (Å²) in [5.74, 6) is -0.307. The molecule has 86 valence electrons. The summed E-state index contributed by atoms with van der Waals surface area (Å²) in [4.78, 5) is 3.77. The topological polar surface area (TPSA) is 22.1 Å². The number of aromatic nitrogens is 1. The van der Waals surface area contributed by atoms with Gasteiger partial charge in [-0.2, -0.15) is 0 Å². The maximum atomic E-state index is 12.8. The average Bonchev–Trinajstić information content (AvgIpc) is 2.77. The van der Waals surface area contributed by atoms with Gasteiger partial charge in [0, 0.05) is 6.20 Å². The van der Waals surface area contributed by atoms with Gasteiger partial charge in [-0.3, -0.25) is 4.98 Å². The molecule has 2 rings (SSSR count). The first kappa shape index (κ1) is 11.3. The molecule has 3 heteroatoms. The first-order valence-electron chi connectivity index (χ1n) is 5.73. The summed E-state index contributed by atoms with van der Waals surface area (Å²) in [6.07, 6.45) is 11.9. The van der Waals surface area contributed by atoms with Gasteiger partial charge in [0.05, 0.1) is 18.9 Å². The zero-order valence-corrected chi connectivity index (χ0v) is 9.23. The zero-order chi connectivity index (χ0) is 11.2. The first-order valence-corrected chi connectivity index (χ1v) is 5.73. The van der Waals surface area contributed by atoms with E-state index in [0.29, 0.717) is 12.7 Å². The minimum absolute atomic E-state index is 0.307. The van der Waals surface area contributed by atoms with Crippen LogP contribution in [-0.2, 0) is 4.74 Å². The molecule has 0 bridgehead atoms. The van der Waals surface area contributed by atoms with E-state index in [2.05, 4.69) is 4.98 Å². The Labute approximate surface area is 95.2 Å². The molecule has 1 fully saturated rings. The minimum Gasteiger partial charge on any atom is -0.374 e. The molecule has 1 aliphatic carbocycles. The van der Waals surface area contributed by atoms with Crippen molar-refractivity contribution >= 4 is 6.08 Å². The second-order valence-corrected chi connectivity index (χ2v) is 4.08. The number of hydrogen-bond acceptors (Lipinski definition) is 2. The van der Waals surface area contributed by atoms with Crippen molar-refractivity contribution in [2.75, 3.05) is 6.61 Å². The molecule has 16 heavy (non-hydrogen) atoms. The lowest BCUT2D eigenvalue weighted by Crippen LogP contribution is -2.06. The molecule has 1 aromatic rings. The van der Waals surface area contributed by atoms with Gasteiger partial charge in [0.15, 0.2) is 0 Å². The highest BCUT2D eigenvalue weighted by Crippen LogP contribution is 2.20. The normalized spacial score (nSPS) is 17.3. The van der Waals surface area contributed by atoms with Crippen LogP contribution in [0.25, 0.3) is 6.08 Å². The van der Waals surface area contributed by atoms with Gasteiger partial charge in [-0.05, 0) is 24.5 Å². The standard InChI is InChI=1S/C13H16FNO/c14-12-8-11(9-15-10-12)4-3-7-16-13-5-1-2-6-13/h3-4,8-10,13H,1-2,5-7H2/b4-3+. The van der Waals surface area contributed by atoms with Gasteiger partial charge >= 0.3 is 0 Å². The zero-order valence-electron chi connectivity index (χ0n) is 9.23. The maximum Gasteiger partial charge on any atom is 0.142 e. The lowest BCUT2D eigenvalue weighted by atomic mass is 10.2. The molecule has 0 unspecified atom stereocenters. The average molecular weight is 221 g/mol. The van der Waals surface area contributed by atoms with Crippen LogP contribution in [0.3, 0.4) is 0 Å². The minimum atomic E-state index is -0.307. The molecule has 0 atom stereocenters. The van der Waals surface area contributed by atoms with E-state index in [1.807, 2.05) is 12.2 Å². The quantitative estimate of drug-likeness (QED) is 0.779. The third-order valence-corrected chi connectivity index (χ3v) is 2.77. The van der Waals surface area contributed by atoms with E-state index >= 15 is 0 Å². The Hall–Kier alpha value is -1.22. The molecule has 0 aromatic carbocycles. The SMILES string of the molecule is Fc1cncc(/C=C/COC2CCCC2)c1. The summed E-state index contributed by atoms with van der Waals surface area (Å²) < 4.78 is 18.4. The maximum absolute atomic E-state index is 12.8. The summed E-state index contributed by atoms with van der Waals surface area (Å²) in [6, 6.07) is 1.46. The van der Waals surface area contributed by atoms with E-state index in [1.54, 1.807) is 6.20 Å². The molecule has 1 aliphatic rings. The van der Waals surface area contributed by atoms with Crippen molar-refractivity contribution in [2.24, 2.45) is 0 Å². The van der Waals surface area contributed by atoms with Gasteiger partial charge in [0.2, 0.25) is 0 Å². The molecule has 0 amide bonds. The van der Waals surface area contributed by atoms with Crippen LogP contribution >= 0.6 is 0 Å². The predicted octanol–water partition coefficient (Wildman–Crippen LogP) is 3.19. The van der Waals surface area contributed by atoms with Crippen molar-refractivity contribution in [1.82, 2.24) is 4.98 Å². The van der Waals surface area contributed by atoms with Gasteiger partial charge in [0.25, 0.3) is 0 Å². The number of nitrogens with zero attached hydrogens (tertiary/aromatic N) is 1. The molecule has 1 aromatic heterocycles. The Kier molecular flexibility index (Phi) is 4.05. The van der Waals surface area contributed by atoms with Gasteiger partial charge in [-0.15, -0.1) is 0 Å². The largest absolute Gasteiger partial charge is 0.374 e. The smallest absolute Gasteiger partial charge is 0.142 e. The van der Waals surface area contributed by atoms with Crippen molar-refractivity contribution < 1.29 is 9.13 Å². The fraction of sp³-hybridized carbons (Fsp3) is 0.462. The van der Waals surface area contributed by atoms with Gasteiger partial charge in [-0.1, -0.05) is 25.0 Å². The van der Waals surface area contributed by atoms with Gasteiger partial charge in [-0.25, -0.2) is 4.39 Å². The number of hydrogen-bond donors (Lipinski definition) is 0. The molecule has 2 nitrogen and oxygen atoms in total. The van der Waals surface area contributed by atoms with Gasteiger partial charge in [0.1, 0.15) is 5.82 Å². The molecule has 0 saturated heterocycles. The summed E-state index contributed by atoms with van der Waals surface area (Å²) in [5.41, 5.74) is 0.773. The number of halogens is 1. The van der Waals surface area contributed by atoms with E-state index in [1.165, 1.54) is 37.9 Å². The molecule has 0 N–H and O–H groups in total. The fourth-order valence-electron chi connectivity index (χ4n) is 1.95. The van der Waals surface area contributed by atoms with Crippen LogP contribution in [0.4, 0.5) is 4.39 Å². The van der Waals surface area contributed by atoms with Crippen molar-refractivity contribution in [3.05, 3.63) is 35.9 Å². The third-order valence-electron chi connectivity index (χ3n) is 2.77. The lowest BCUT2D eigenvalue weighted by Gasteiger charge is -2.07. The Morgan fingerprint density at radius 3 is 2.94 bits per heavy atom. The van der Waals surface area contributed by atoms with E-state index in [4.69, 9.17) is 4.74 Å². The highest BCUT2D eigenvalue weighted by Gasteiger charge is 2.13. The Morgan fingerprint density at radius 1 is 1.38 bits per heavy atom. The van der Waals surface area contributed by atoms with Crippen molar-refractivity contribution in [1.29, 1.82) is 0 Å². The number of pyridine rings is 1. The van der Waals surface area contributed by atoms with Crippen molar-refractivity contribution in [3.63, 3.8) is 0 Å². The monoisotopic (exact) mass is 221 g/mol. The summed E-state index contributed by atoms with van der Waals surface area (Å²) >= 11 is 0. The third kappa shape index (κ3) is 3.42. The van der Waals surface area contributed by atoms with Crippen LogP contribution in [0.2, 0.25) is 0 Å². The highest BCUT2D eigenvalue weighted by molar-refractivity contribution is 5.47. The van der Waals surface area contributed by atoms with E-state index in [0.717, 1.165) is 5.56 Å².